The Kier molecular flexibility index (Phi) is 5.15. The average Bonchev–Trinajstić information content (AvgIpc) is 3.26. The van der Waals surface area contributed by atoms with Gasteiger partial charge in [0.25, 0.3) is 0 Å². The summed E-state index contributed by atoms with van der Waals surface area (Å²) < 4.78 is 6.49. The van der Waals surface area contributed by atoms with Gasteiger partial charge in [0.1, 0.15) is 4.92 Å². The molecule has 0 aliphatic rings. The van der Waals surface area contributed by atoms with Gasteiger partial charge in [-0.25, -0.2) is 4.99 Å². The Hall–Kier alpha value is -3.38. The van der Waals surface area contributed by atoms with Crippen molar-refractivity contribution in [2.24, 2.45) is 4.99 Å². The van der Waals surface area contributed by atoms with Crippen LogP contribution in [0.3, 0.4) is 0 Å². The Morgan fingerprint density at radius 2 is 2.00 bits per heavy atom. The zero-order chi connectivity index (χ0) is 18.5. The fraction of sp³-hybridized carbons (Fsp3) is 0.286. The van der Waals surface area contributed by atoms with E-state index in [1.54, 1.807) is 17.0 Å². The van der Waals surface area contributed by atoms with Crippen LogP contribution < -0.4 is 0 Å². The summed E-state index contributed by atoms with van der Waals surface area (Å²) in [6.07, 6.45) is 1.46. The lowest BCUT2D eigenvalue weighted by Crippen LogP contribution is -2.28. The molecule has 136 valence electrons. The van der Waals surface area contributed by atoms with Crippen molar-refractivity contribution >= 4 is 23.7 Å². The lowest BCUT2D eigenvalue weighted by molar-refractivity contribution is -0.401. The normalized spacial score (nSPS) is 11.5. The van der Waals surface area contributed by atoms with Crippen molar-refractivity contribution in [2.45, 2.75) is 0 Å². The van der Waals surface area contributed by atoms with Crippen LogP contribution in [0.15, 0.2) is 33.7 Å². The molecule has 0 aliphatic carbocycles. The summed E-state index contributed by atoms with van der Waals surface area (Å²) in [5.74, 6) is 0.266. The van der Waals surface area contributed by atoms with Gasteiger partial charge in [-0.3, -0.25) is 10.1 Å². The van der Waals surface area contributed by atoms with Gasteiger partial charge in [-0.1, -0.05) is 0 Å². The number of nitro groups is 1. The van der Waals surface area contributed by atoms with Crippen LogP contribution in [-0.2, 0) is 0 Å². The third kappa shape index (κ3) is 3.65. The molecule has 0 aliphatic heterocycles. The maximum absolute atomic E-state index is 10.8. The first kappa shape index (κ1) is 17.4. The number of aliphatic hydroxyl groups is 2. The quantitative estimate of drug-likeness (QED) is 0.248. The smallest absolute Gasteiger partial charge is 0.397 e. The van der Waals surface area contributed by atoms with E-state index in [0.29, 0.717) is 24.6 Å². The minimum atomic E-state index is -0.646. The largest absolute Gasteiger partial charge is 0.433 e. The molecule has 0 fully saturated rings. The molecule has 0 unspecified atom stereocenters. The second-order valence-corrected chi connectivity index (χ2v) is 5.11. The third-order valence-electron chi connectivity index (χ3n) is 3.37. The van der Waals surface area contributed by atoms with Gasteiger partial charge in [-0.15, -0.1) is 15.3 Å². The number of fused-ring (bicyclic) bond motifs is 1. The average molecular weight is 361 g/mol. The Balaban J connectivity index is 1.91. The molecule has 0 radical (unpaired) electrons. The number of aliphatic imine (C=N–C) groups is 1. The first-order valence-corrected chi connectivity index (χ1v) is 7.59. The van der Waals surface area contributed by atoms with Gasteiger partial charge >= 0.3 is 5.88 Å². The van der Waals surface area contributed by atoms with E-state index in [0.717, 1.165) is 0 Å². The molecule has 0 amide bonds. The van der Waals surface area contributed by atoms with Crippen molar-refractivity contribution in [3.8, 4) is 11.6 Å². The van der Waals surface area contributed by atoms with Gasteiger partial charge in [0.2, 0.25) is 5.82 Å². The molecule has 0 bridgehead atoms. The van der Waals surface area contributed by atoms with Gasteiger partial charge in [-0.2, -0.15) is 4.52 Å². The van der Waals surface area contributed by atoms with Crippen molar-refractivity contribution in [2.75, 3.05) is 26.3 Å². The van der Waals surface area contributed by atoms with Crippen LogP contribution in [-0.4, -0.2) is 72.5 Å². The molecule has 0 aromatic carbocycles. The predicted molar refractivity (Wildman–Crippen MR) is 89.0 cm³/mol. The van der Waals surface area contributed by atoms with Crippen molar-refractivity contribution in [3.63, 3.8) is 0 Å². The molecule has 26 heavy (non-hydrogen) atoms. The fourth-order valence-electron chi connectivity index (χ4n) is 2.17. The fourth-order valence-corrected chi connectivity index (χ4v) is 2.17. The highest BCUT2D eigenvalue weighted by Crippen LogP contribution is 2.25. The number of rotatable bonds is 8. The van der Waals surface area contributed by atoms with Gasteiger partial charge in [0.05, 0.1) is 25.6 Å². The Morgan fingerprint density at radius 1 is 1.23 bits per heavy atom. The molecule has 3 rings (SSSR count). The van der Waals surface area contributed by atoms with Crippen LogP contribution in [0.2, 0.25) is 0 Å². The standard InChI is InChI=1S/C14H15N7O5/c22-7-5-19(6-8-23)9-15-11-2-3-12-16-17-14(20(12)18-11)10-1-4-13(26-10)21(24)25/h1-4,9,22-23H,5-8H2. The lowest BCUT2D eigenvalue weighted by atomic mass is 10.4. The number of hydrogen-bond donors (Lipinski definition) is 2. The maximum atomic E-state index is 10.8. The second kappa shape index (κ2) is 7.67. The minimum absolute atomic E-state index is 0.0780. The minimum Gasteiger partial charge on any atom is -0.397 e. The van der Waals surface area contributed by atoms with E-state index in [2.05, 4.69) is 20.3 Å². The van der Waals surface area contributed by atoms with Gasteiger partial charge in [-0.05, 0) is 18.2 Å². The van der Waals surface area contributed by atoms with E-state index in [4.69, 9.17) is 14.6 Å². The molecule has 12 nitrogen and oxygen atoms in total. The van der Waals surface area contributed by atoms with E-state index >= 15 is 0 Å². The first-order valence-electron chi connectivity index (χ1n) is 7.59. The van der Waals surface area contributed by atoms with Crippen LogP contribution in [0.25, 0.3) is 17.2 Å². The summed E-state index contributed by atoms with van der Waals surface area (Å²) in [5, 5.41) is 40.9. The molecule has 0 spiro atoms. The van der Waals surface area contributed by atoms with Crippen LogP contribution in [0.4, 0.5) is 11.7 Å². The SMILES string of the molecule is O=[N+]([O-])c1ccc(-c2nnc3ccc(N=CN(CCO)CCO)nn23)o1. The third-order valence-corrected chi connectivity index (χ3v) is 3.37. The Bertz CT molecular complexity index is 929. The number of nitrogens with zero attached hydrogens (tertiary/aromatic N) is 7. The second-order valence-electron chi connectivity index (χ2n) is 5.11. The van der Waals surface area contributed by atoms with Crippen LogP contribution in [0.1, 0.15) is 0 Å². The summed E-state index contributed by atoms with van der Waals surface area (Å²) >= 11 is 0. The number of aliphatic hydroxyl groups excluding tert-OH is 2. The van der Waals surface area contributed by atoms with E-state index in [1.165, 1.54) is 23.0 Å². The van der Waals surface area contributed by atoms with Crippen molar-refractivity contribution in [1.82, 2.24) is 24.7 Å². The molecule has 12 heteroatoms. The highest BCUT2D eigenvalue weighted by atomic mass is 16.6. The van der Waals surface area contributed by atoms with Crippen LogP contribution >= 0.6 is 0 Å². The molecular weight excluding hydrogens is 346 g/mol. The number of aromatic nitrogens is 4. The zero-order valence-electron chi connectivity index (χ0n) is 13.5. The maximum Gasteiger partial charge on any atom is 0.433 e. The molecule has 3 aromatic heterocycles. The van der Waals surface area contributed by atoms with Crippen LogP contribution in [0.5, 0.6) is 0 Å². The Morgan fingerprint density at radius 3 is 2.65 bits per heavy atom. The summed E-state index contributed by atoms with van der Waals surface area (Å²) in [6.45, 7) is 0.483. The molecule has 2 N–H and O–H groups in total. The monoisotopic (exact) mass is 361 g/mol. The zero-order valence-corrected chi connectivity index (χ0v) is 13.5. The lowest BCUT2D eigenvalue weighted by Gasteiger charge is -2.16. The van der Waals surface area contributed by atoms with Gasteiger partial charge in [0, 0.05) is 13.1 Å². The summed E-state index contributed by atoms with van der Waals surface area (Å²) in [6, 6.07) is 5.89. The van der Waals surface area contributed by atoms with Crippen molar-refractivity contribution in [3.05, 3.63) is 34.4 Å². The van der Waals surface area contributed by atoms with Gasteiger partial charge < -0.3 is 19.5 Å². The van der Waals surface area contributed by atoms with Crippen molar-refractivity contribution in [1.29, 1.82) is 0 Å². The van der Waals surface area contributed by atoms with E-state index in [-0.39, 0.29) is 24.8 Å². The molecule has 3 aromatic rings. The number of hydrogen-bond acceptors (Lipinski definition) is 9. The van der Waals surface area contributed by atoms with E-state index < -0.39 is 10.8 Å². The predicted octanol–water partition coefficient (Wildman–Crippen LogP) is 0.239. The molecule has 0 atom stereocenters. The molecular formula is C14H15N7O5. The molecule has 3 heterocycles. The Labute approximate surface area is 146 Å². The van der Waals surface area contributed by atoms with Crippen molar-refractivity contribution < 1.29 is 19.6 Å². The summed E-state index contributed by atoms with van der Waals surface area (Å²) in [4.78, 5) is 15.9. The first-order chi connectivity index (χ1) is 12.6. The topological polar surface area (TPSA) is 155 Å². The molecule has 0 saturated carbocycles. The highest BCUT2D eigenvalue weighted by Gasteiger charge is 2.18. The van der Waals surface area contributed by atoms with Crippen LogP contribution in [0, 0.1) is 10.1 Å². The molecule has 0 saturated heterocycles. The summed E-state index contributed by atoms with van der Waals surface area (Å²) in [5.41, 5.74) is 0.417. The van der Waals surface area contributed by atoms with Gasteiger partial charge in [0.15, 0.2) is 17.2 Å². The summed E-state index contributed by atoms with van der Waals surface area (Å²) in [7, 11) is 0. The van der Waals surface area contributed by atoms with E-state index in [9.17, 15) is 10.1 Å². The highest BCUT2D eigenvalue weighted by molar-refractivity contribution is 5.61. The number of furan rings is 1. The van der Waals surface area contributed by atoms with E-state index in [1.807, 2.05) is 0 Å².